The highest BCUT2D eigenvalue weighted by molar-refractivity contribution is 6.08. The van der Waals surface area contributed by atoms with E-state index in [0.717, 1.165) is 29.1 Å². The molecule has 2 N–H and O–H groups in total. The summed E-state index contributed by atoms with van der Waals surface area (Å²) in [5.74, 6) is 0.262. The molecule has 0 saturated heterocycles. The number of nitrogens with two attached hydrogens (primary N) is 1. The molecule has 1 fully saturated rings. The maximum atomic E-state index is 13.2. The van der Waals surface area contributed by atoms with Crippen LogP contribution in [-0.2, 0) is 13.2 Å². The lowest BCUT2D eigenvalue weighted by atomic mass is 9.95. The van der Waals surface area contributed by atoms with Gasteiger partial charge < -0.3 is 5.73 Å². The van der Waals surface area contributed by atoms with Crippen LogP contribution in [0.5, 0.6) is 0 Å². The van der Waals surface area contributed by atoms with Crippen molar-refractivity contribution in [2.45, 2.75) is 24.4 Å². The Hall–Kier alpha value is -3.82. The molecule has 1 amide bonds. The van der Waals surface area contributed by atoms with Crippen LogP contribution in [0.2, 0.25) is 0 Å². The monoisotopic (exact) mass is 465 g/mol. The second kappa shape index (κ2) is 6.85. The Labute approximate surface area is 191 Å². The standard InChI is InChI=1S/C24H19F3N6O/c1-32(10-18-12-4-3-11(24(25,26)27)5-13(12)14-6-15(14)18)23(34)19-7-16-20(9-29-19)31-22(28)17-8-30-33(2)21(16)17/h3-5,7-10,14-15,18H,6H2,1-2H3,(H-,28,30,31,34)/p+1/t14-,15-,18?/m0/s1. The number of amides is 1. The number of rotatable bonds is 2. The molecule has 172 valence electrons. The highest BCUT2D eigenvalue weighted by Crippen LogP contribution is 2.62. The highest BCUT2D eigenvalue weighted by atomic mass is 19.4. The Kier molecular flexibility index (Phi) is 4.18. The highest BCUT2D eigenvalue weighted by Gasteiger charge is 2.53. The van der Waals surface area contributed by atoms with Crippen LogP contribution in [0.4, 0.5) is 19.0 Å². The van der Waals surface area contributed by atoms with Crippen molar-refractivity contribution < 1.29 is 22.5 Å². The van der Waals surface area contributed by atoms with Gasteiger partial charge in [0.2, 0.25) is 0 Å². The molecule has 1 saturated carbocycles. The molecule has 6 rings (SSSR count). The number of anilines is 1. The first-order valence-electron chi connectivity index (χ1n) is 10.8. The molecule has 0 aliphatic heterocycles. The first kappa shape index (κ1) is 20.8. The Morgan fingerprint density at radius 2 is 2.00 bits per heavy atom. The number of hydrogen-bond donors (Lipinski definition) is 1. The average molecular weight is 465 g/mol. The molecule has 4 aromatic rings. The van der Waals surface area contributed by atoms with Gasteiger partial charge in [-0.2, -0.15) is 22.8 Å². The van der Waals surface area contributed by atoms with Gasteiger partial charge in [0, 0.05) is 12.4 Å². The fraction of sp³-hybridized carbons (Fsp3) is 0.292. The molecule has 34 heavy (non-hydrogen) atoms. The predicted molar refractivity (Wildman–Crippen MR) is 120 cm³/mol. The van der Waals surface area contributed by atoms with E-state index < -0.39 is 11.7 Å². The molecule has 0 bridgehead atoms. The molecule has 2 aliphatic rings. The van der Waals surface area contributed by atoms with Gasteiger partial charge >= 0.3 is 12.1 Å². The van der Waals surface area contributed by atoms with E-state index in [2.05, 4.69) is 15.1 Å². The van der Waals surface area contributed by atoms with Crippen molar-refractivity contribution in [2.75, 3.05) is 12.8 Å². The number of nitrogen functional groups attached to an aromatic ring is 1. The molecule has 0 spiro atoms. The molecule has 2 aliphatic carbocycles. The van der Waals surface area contributed by atoms with Crippen LogP contribution in [0.1, 0.15) is 45.4 Å². The summed E-state index contributed by atoms with van der Waals surface area (Å²) in [6.45, 7) is 0. The number of benzene rings is 1. The first-order chi connectivity index (χ1) is 16.1. The lowest BCUT2D eigenvalue weighted by molar-refractivity contribution is -0.391. The lowest BCUT2D eigenvalue weighted by Gasteiger charge is -2.12. The van der Waals surface area contributed by atoms with Crippen LogP contribution < -0.4 is 5.73 Å². The predicted octanol–water partition coefficient (Wildman–Crippen LogP) is 3.87. The van der Waals surface area contributed by atoms with E-state index in [9.17, 15) is 18.0 Å². The van der Waals surface area contributed by atoms with Crippen molar-refractivity contribution >= 4 is 39.7 Å². The first-order valence-corrected chi connectivity index (χ1v) is 10.8. The second-order valence-corrected chi connectivity index (χ2v) is 9.05. The minimum atomic E-state index is -4.37. The van der Waals surface area contributed by atoms with E-state index in [1.165, 1.54) is 16.8 Å². The third-order valence-corrected chi connectivity index (χ3v) is 6.99. The third kappa shape index (κ3) is 3.01. The van der Waals surface area contributed by atoms with Gasteiger partial charge in [-0.05, 0) is 47.6 Å². The summed E-state index contributed by atoms with van der Waals surface area (Å²) in [4.78, 5) is 21.9. The Bertz CT molecular complexity index is 1550. The second-order valence-electron chi connectivity index (χ2n) is 9.05. The fourth-order valence-corrected chi connectivity index (χ4v) is 5.23. The van der Waals surface area contributed by atoms with Gasteiger partial charge in [-0.15, -0.1) is 0 Å². The van der Waals surface area contributed by atoms with Crippen molar-refractivity contribution in [2.24, 2.45) is 13.0 Å². The summed E-state index contributed by atoms with van der Waals surface area (Å²) < 4.78 is 42.6. The topological polar surface area (TPSA) is 89.7 Å². The van der Waals surface area contributed by atoms with E-state index in [1.807, 2.05) is 0 Å². The Morgan fingerprint density at radius 3 is 2.76 bits per heavy atom. The average Bonchev–Trinajstić information content (AvgIpc) is 3.41. The van der Waals surface area contributed by atoms with Crippen LogP contribution >= 0.6 is 0 Å². The number of hydrogen-bond acceptors (Lipinski definition) is 5. The minimum absolute atomic E-state index is 0.109. The zero-order chi connectivity index (χ0) is 23.9. The van der Waals surface area contributed by atoms with Gasteiger partial charge in [0.25, 0.3) is 0 Å². The third-order valence-electron chi connectivity index (χ3n) is 6.99. The number of fused-ring (bicyclic) bond motifs is 6. The molecular weight excluding hydrogens is 445 g/mol. The van der Waals surface area contributed by atoms with E-state index in [0.29, 0.717) is 22.1 Å². The minimum Gasteiger partial charge on any atom is -0.383 e. The molecule has 10 heteroatoms. The number of nitrogens with zero attached hydrogens (tertiary/aromatic N) is 5. The molecule has 3 atom stereocenters. The Balaban J connectivity index is 1.36. The summed E-state index contributed by atoms with van der Waals surface area (Å²) in [6.07, 6.45) is 1.41. The molecule has 0 radical (unpaired) electrons. The van der Waals surface area contributed by atoms with E-state index >= 15 is 0 Å². The maximum Gasteiger partial charge on any atom is 0.437 e. The number of aromatic nitrogens is 4. The lowest BCUT2D eigenvalue weighted by Crippen LogP contribution is -2.22. The smallest absolute Gasteiger partial charge is 0.383 e. The number of alkyl halides is 3. The van der Waals surface area contributed by atoms with Gasteiger partial charge in [0.05, 0.1) is 40.3 Å². The van der Waals surface area contributed by atoms with Crippen molar-refractivity contribution in [1.29, 1.82) is 0 Å². The van der Waals surface area contributed by atoms with Gasteiger partial charge in [0.1, 0.15) is 12.9 Å². The van der Waals surface area contributed by atoms with Crippen LogP contribution in [0.25, 0.3) is 21.8 Å². The summed E-state index contributed by atoms with van der Waals surface area (Å²) in [6, 6.07) is 5.61. The largest absolute Gasteiger partial charge is 0.437 e. The molecule has 1 aromatic carbocycles. The van der Waals surface area contributed by atoms with E-state index in [1.54, 1.807) is 43.3 Å². The summed E-state index contributed by atoms with van der Waals surface area (Å²) in [5.41, 5.74) is 8.56. The number of carbonyl (C=O) groups is 1. The molecule has 3 heterocycles. The van der Waals surface area contributed by atoms with E-state index in [-0.39, 0.29) is 29.4 Å². The zero-order valence-corrected chi connectivity index (χ0v) is 18.3. The van der Waals surface area contributed by atoms with Crippen molar-refractivity contribution in [3.05, 3.63) is 59.0 Å². The SMILES string of the molecule is Cn1ncc2c(N)nc3cnc(C(=O)[N+](C)=CC4c5ccc(C(F)(F)F)cc5[C@@H]5C[C@H]45)cc3c21. The van der Waals surface area contributed by atoms with Gasteiger partial charge in [-0.1, -0.05) is 6.07 Å². The molecular formula is C24H20F3N6O+. The molecule has 3 aromatic heterocycles. The van der Waals surface area contributed by atoms with Crippen molar-refractivity contribution in [1.82, 2.24) is 19.7 Å². The molecule has 1 unspecified atom stereocenters. The van der Waals surface area contributed by atoms with Crippen LogP contribution in [0.15, 0.2) is 36.7 Å². The van der Waals surface area contributed by atoms with Gasteiger partial charge in [-0.3, -0.25) is 4.68 Å². The summed E-state index contributed by atoms with van der Waals surface area (Å²) >= 11 is 0. The normalized spacial score (nSPS) is 21.7. The van der Waals surface area contributed by atoms with Crippen molar-refractivity contribution in [3.63, 3.8) is 0 Å². The summed E-state index contributed by atoms with van der Waals surface area (Å²) in [7, 11) is 3.44. The zero-order valence-electron chi connectivity index (χ0n) is 18.3. The number of halogens is 3. The summed E-state index contributed by atoms with van der Waals surface area (Å²) in [5, 5.41) is 5.65. The quantitative estimate of drug-likeness (QED) is 0.359. The van der Waals surface area contributed by atoms with Gasteiger partial charge in [-0.25, -0.2) is 14.8 Å². The van der Waals surface area contributed by atoms with Crippen molar-refractivity contribution in [3.8, 4) is 0 Å². The number of aryl methyl sites for hydroxylation is 1. The van der Waals surface area contributed by atoms with Crippen LogP contribution in [0.3, 0.4) is 0 Å². The number of pyridine rings is 2. The van der Waals surface area contributed by atoms with Crippen LogP contribution in [0, 0.1) is 5.92 Å². The van der Waals surface area contributed by atoms with E-state index in [4.69, 9.17) is 5.73 Å². The Morgan fingerprint density at radius 1 is 1.21 bits per heavy atom. The van der Waals surface area contributed by atoms with Crippen LogP contribution in [-0.4, -0.2) is 43.5 Å². The van der Waals surface area contributed by atoms with Gasteiger partial charge in [0.15, 0.2) is 11.9 Å². The fourth-order valence-electron chi connectivity index (χ4n) is 5.23. The maximum absolute atomic E-state index is 13.2. The number of carbonyl (C=O) groups excluding carboxylic acids is 1. The molecule has 7 nitrogen and oxygen atoms in total.